The van der Waals surface area contributed by atoms with Crippen LogP contribution in [0.3, 0.4) is 0 Å². The highest BCUT2D eigenvalue weighted by atomic mass is 16.5. The van der Waals surface area contributed by atoms with Gasteiger partial charge >= 0.3 is 0 Å². The Morgan fingerprint density at radius 3 is 2.78 bits per heavy atom. The molecular formula is C32H38N6O3. The van der Waals surface area contributed by atoms with Gasteiger partial charge in [0.1, 0.15) is 17.6 Å². The molecule has 214 valence electrons. The minimum absolute atomic E-state index is 0.234. The average Bonchev–Trinajstić information content (AvgIpc) is 2.98. The largest absolute Gasteiger partial charge is 0.493 e. The second-order valence-corrected chi connectivity index (χ2v) is 10.5. The van der Waals surface area contributed by atoms with Crippen molar-refractivity contribution in [3.05, 3.63) is 59.3 Å². The summed E-state index contributed by atoms with van der Waals surface area (Å²) in [7, 11) is 2.13. The number of carbonyl (C=O) groups excluding carboxylic acids is 1. The Hall–Kier alpha value is -4.13. The number of nitriles is 1. The normalized spacial score (nSPS) is 15.8. The number of ether oxygens (including phenoxy) is 2. The van der Waals surface area contributed by atoms with Crippen LogP contribution in [0.4, 0.5) is 17.1 Å². The Morgan fingerprint density at radius 1 is 1.20 bits per heavy atom. The van der Waals surface area contributed by atoms with Crippen molar-refractivity contribution in [1.82, 2.24) is 14.8 Å². The van der Waals surface area contributed by atoms with E-state index in [-0.39, 0.29) is 5.91 Å². The van der Waals surface area contributed by atoms with Gasteiger partial charge in [-0.2, -0.15) is 5.26 Å². The van der Waals surface area contributed by atoms with E-state index in [9.17, 15) is 10.1 Å². The van der Waals surface area contributed by atoms with Crippen LogP contribution < -0.4 is 20.1 Å². The molecule has 0 atom stereocenters. The fourth-order valence-corrected chi connectivity index (χ4v) is 5.32. The smallest absolute Gasteiger partial charge is 0.248 e. The third-order valence-electron chi connectivity index (χ3n) is 7.57. The number of rotatable bonds is 9. The third-order valence-corrected chi connectivity index (χ3v) is 7.57. The van der Waals surface area contributed by atoms with E-state index in [4.69, 9.17) is 14.5 Å². The Labute approximate surface area is 241 Å². The number of nitrogens with one attached hydrogen (secondary N) is 2. The van der Waals surface area contributed by atoms with Gasteiger partial charge in [-0.25, -0.2) is 0 Å². The maximum absolute atomic E-state index is 13.0. The number of hydrogen-bond acceptors (Lipinski definition) is 8. The lowest BCUT2D eigenvalue weighted by atomic mass is 10.0. The van der Waals surface area contributed by atoms with Gasteiger partial charge in [-0.3, -0.25) is 14.7 Å². The number of carbonyl (C=O) groups is 1. The van der Waals surface area contributed by atoms with Crippen molar-refractivity contribution in [2.24, 2.45) is 0 Å². The van der Waals surface area contributed by atoms with Crippen LogP contribution in [-0.4, -0.2) is 73.7 Å². The molecule has 0 aliphatic carbocycles. The molecule has 41 heavy (non-hydrogen) atoms. The molecule has 1 amide bonds. The predicted molar refractivity (Wildman–Crippen MR) is 162 cm³/mol. The monoisotopic (exact) mass is 554 g/mol. The third kappa shape index (κ3) is 6.62. The Bertz CT molecular complexity index is 1490. The van der Waals surface area contributed by atoms with E-state index in [0.29, 0.717) is 46.9 Å². The zero-order valence-electron chi connectivity index (χ0n) is 24.1. The highest BCUT2D eigenvalue weighted by Crippen LogP contribution is 2.38. The van der Waals surface area contributed by atoms with Gasteiger partial charge in [-0.15, -0.1) is 0 Å². The van der Waals surface area contributed by atoms with Gasteiger partial charge in [0.2, 0.25) is 5.91 Å². The maximum atomic E-state index is 13.0. The number of amides is 1. The van der Waals surface area contributed by atoms with Gasteiger partial charge in [0.05, 0.1) is 41.4 Å². The number of likely N-dealkylation sites (N-methyl/N-ethyl adjacent to an activating group) is 1. The van der Waals surface area contributed by atoms with Gasteiger partial charge in [-0.1, -0.05) is 13.0 Å². The van der Waals surface area contributed by atoms with E-state index < -0.39 is 0 Å². The van der Waals surface area contributed by atoms with Crippen LogP contribution in [0.25, 0.3) is 10.9 Å². The van der Waals surface area contributed by atoms with Crippen LogP contribution in [0, 0.1) is 11.3 Å². The van der Waals surface area contributed by atoms with E-state index in [1.54, 1.807) is 6.08 Å². The Balaban J connectivity index is 1.47. The second-order valence-electron chi connectivity index (χ2n) is 10.5. The second kappa shape index (κ2) is 13.0. The van der Waals surface area contributed by atoms with Crippen LogP contribution in [0.2, 0.25) is 0 Å². The molecule has 0 saturated carbocycles. The number of aromatic nitrogens is 1. The summed E-state index contributed by atoms with van der Waals surface area (Å²) in [5, 5.41) is 17.4. The standard InChI is InChI=1S/C32H38N6O3/c1-4-26-25(21-33)32(34-23-10-11-29-22(18-23)8-7-17-41-29)24-19-28(30(40-5-2)20-27(24)35-26)36-31(39)9-6-12-38-15-13-37(3)14-16-38/h6,9-11,18-20H,4-5,7-8,12-17H2,1-3H3,(H,34,35)(H,36,39)/b9-6+. The number of nitrogens with zero attached hydrogens (tertiary/aromatic N) is 4. The molecule has 9 nitrogen and oxygen atoms in total. The molecule has 1 fully saturated rings. The van der Waals surface area contributed by atoms with Crippen molar-refractivity contribution in [3.8, 4) is 17.6 Å². The number of aryl methyl sites for hydroxylation is 2. The molecule has 0 spiro atoms. The van der Waals surface area contributed by atoms with E-state index in [1.165, 1.54) is 0 Å². The summed E-state index contributed by atoms with van der Waals surface area (Å²) in [5.41, 5.74) is 5.09. The number of piperazine rings is 1. The molecule has 2 aromatic carbocycles. The van der Waals surface area contributed by atoms with Crippen molar-refractivity contribution in [2.45, 2.75) is 33.1 Å². The van der Waals surface area contributed by atoms with Crippen LogP contribution in [0.5, 0.6) is 11.5 Å². The van der Waals surface area contributed by atoms with Crippen LogP contribution in [-0.2, 0) is 17.6 Å². The molecule has 0 unspecified atom stereocenters. The van der Waals surface area contributed by atoms with Crippen molar-refractivity contribution >= 4 is 33.9 Å². The summed E-state index contributed by atoms with van der Waals surface area (Å²) in [6, 6.07) is 12.1. The van der Waals surface area contributed by atoms with Crippen LogP contribution >= 0.6 is 0 Å². The quantitative estimate of drug-likeness (QED) is 0.361. The first-order valence-electron chi connectivity index (χ1n) is 14.4. The molecule has 0 radical (unpaired) electrons. The number of pyridine rings is 1. The predicted octanol–water partition coefficient (Wildman–Crippen LogP) is 4.88. The highest BCUT2D eigenvalue weighted by Gasteiger charge is 2.19. The molecule has 0 bridgehead atoms. The molecule has 2 aliphatic heterocycles. The number of anilines is 3. The van der Waals surface area contributed by atoms with E-state index in [0.717, 1.165) is 74.6 Å². The van der Waals surface area contributed by atoms with Crippen LogP contribution in [0.15, 0.2) is 42.5 Å². The lowest BCUT2D eigenvalue weighted by Crippen LogP contribution is -2.44. The lowest BCUT2D eigenvalue weighted by molar-refractivity contribution is -0.111. The van der Waals surface area contributed by atoms with Gasteiger partial charge in [0, 0.05) is 55.9 Å². The van der Waals surface area contributed by atoms with Gasteiger partial charge < -0.3 is 25.0 Å². The molecule has 3 heterocycles. The lowest BCUT2D eigenvalue weighted by Gasteiger charge is -2.31. The molecule has 3 aromatic rings. The summed E-state index contributed by atoms with van der Waals surface area (Å²) >= 11 is 0. The van der Waals surface area contributed by atoms with Crippen molar-refractivity contribution in [1.29, 1.82) is 5.26 Å². The number of hydrogen-bond donors (Lipinski definition) is 2. The first-order chi connectivity index (χ1) is 20.0. The molecule has 9 heteroatoms. The van der Waals surface area contributed by atoms with Crippen LogP contribution in [0.1, 0.15) is 37.1 Å². The SMILES string of the molecule is CCOc1cc2nc(CC)c(C#N)c(Nc3ccc4c(c3)CCCO4)c2cc1NC(=O)/C=C/CN1CCN(C)CC1. The fourth-order valence-electron chi connectivity index (χ4n) is 5.32. The minimum atomic E-state index is -0.234. The average molecular weight is 555 g/mol. The van der Waals surface area contributed by atoms with E-state index >= 15 is 0 Å². The molecule has 1 saturated heterocycles. The topological polar surface area (TPSA) is 103 Å². The van der Waals surface area contributed by atoms with E-state index in [2.05, 4.69) is 39.6 Å². The first-order valence-corrected chi connectivity index (χ1v) is 14.4. The maximum Gasteiger partial charge on any atom is 0.248 e. The molecule has 1 aromatic heterocycles. The summed E-state index contributed by atoms with van der Waals surface area (Å²) < 4.78 is 11.7. The summed E-state index contributed by atoms with van der Waals surface area (Å²) in [6.45, 7) is 9.83. The molecule has 2 aliphatic rings. The summed E-state index contributed by atoms with van der Waals surface area (Å²) in [4.78, 5) is 22.4. The fraction of sp³-hybridized carbons (Fsp3) is 0.406. The van der Waals surface area contributed by atoms with Gasteiger partial charge in [-0.05, 0) is 63.1 Å². The number of benzene rings is 2. The van der Waals surface area contributed by atoms with Crippen molar-refractivity contribution in [2.75, 3.05) is 63.6 Å². The zero-order valence-corrected chi connectivity index (χ0v) is 24.1. The first kappa shape index (κ1) is 28.4. The molecule has 2 N–H and O–H groups in total. The minimum Gasteiger partial charge on any atom is -0.493 e. The Morgan fingerprint density at radius 2 is 2.02 bits per heavy atom. The molecule has 5 rings (SSSR count). The Kier molecular flexibility index (Phi) is 9.02. The van der Waals surface area contributed by atoms with Gasteiger partial charge in [0.15, 0.2) is 0 Å². The summed E-state index contributed by atoms with van der Waals surface area (Å²) in [6.07, 6.45) is 6.00. The summed E-state index contributed by atoms with van der Waals surface area (Å²) in [5.74, 6) is 1.21. The highest BCUT2D eigenvalue weighted by molar-refractivity contribution is 6.05. The zero-order chi connectivity index (χ0) is 28.8. The van der Waals surface area contributed by atoms with Crippen molar-refractivity contribution in [3.63, 3.8) is 0 Å². The van der Waals surface area contributed by atoms with E-state index in [1.807, 2.05) is 44.2 Å². The van der Waals surface area contributed by atoms with Crippen molar-refractivity contribution < 1.29 is 14.3 Å². The molecular weight excluding hydrogens is 516 g/mol. The number of fused-ring (bicyclic) bond motifs is 2. The van der Waals surface area contributed by atoms with Gasteiger partial charge in [0.25, 0.3) is 0 Å².